The molecule has 1 radical (unpaired) electrons. The molecule has 0 atom stereocenters. The lowest BCUT2D eigenvalue weighted by Gasteiger charge is -2.10. The Bertz CT molecular complexity index is 359. The van der Waals surface area contributed by atoms with Gasteiger partial charge >= 0.3 is 5.97 Å². The van der Waals surface area contributed by atoms with Crippen molar-refractivity contribution in [3.05, 3.63) is 40.1 Å². The number of rotatable bonds is 6. The van der Waals surface area contributed by atoms with Crippen molar-refractivity contribution in [2.24, 2.45) is 0 Å². The van der Waals surface area contributed by atoms with Crippen molar-refractivity contribution in [3.63, 3.8) is 0 Å². The van der Waals surface area contributed by atoms with Crippen molar-refractivity contribution in [1.82, 2.24) is 0 Å². The van der Waals surface area contributed by atoms with Crippen LogP contribution in [-0.4, -0.2) is 24.1 Å². The van der Waals surface area contributed by atoms with Crippen LogP contribution >= 0.6 is 0 Å². The predicted octanol–water partition coefficient (Wildman–Crippen LogP) is 1.61. The van der Waals surface area contributed by atoms with Crippen molar-refractivity contribution in [2.45, 2.75) is 19.8 Å². The third-order valence-corrected chi connectivity index (χ3v) is 2.03. The molecule has 0 aromatic rings. The zero-order valence-electron chi connectivity index (χ0n) is 9.55. The number of hydrogen-bond acceptors (Lipinski definition) is 5. The Balaban J connectivity index is 2.35. The molecule has 93 valence electrons. The maximum atomic E-state index is 11.0. The fourth-order valence-electron chi connectivity index (χ4n) is 1.27. The standard InChI is InChI=1S/C11H14NO5/c1-2-16-11(13)6-7-17-10-5-3-4-9(8-10)12(14)15/h4-5,8H,2-3,6-7H2,1H3. The highest BCUT2D eigenvalue weighted by Crippen LogP contribution is 2.17. The third kappa shape index (κ3) is 4.67. The number of esters is 1. The molecule has 1 rings (SSSR count). The van der Waals surface area contributed by atoms with E-state index in [2.05, 4.69) is 0 Å². The van der Waals surface area contributed by atoms with Gasteiger partial charge < -0.3 is 9.47 Å². The Hall–Kier alpha value is -1.85. The van der Waals surface area contributed by atoms with E-state index < -0.39 is 4.92 Å². The van der Waals surface area contributed by atoms with E-state index in [1.54, 1.807) is 13.0 Å². The summed E-state index contributed by atoms with van der Waals surface area (Å²) in [5.41, 5.74) is 0.0126. The first kappa shape index (κ1) is 13.2. The molecule has 0 bridgehead atoms. The van der Waals surface area contributed by atoms with E-state index >= 15 is 0 Å². The lowest BCUT2D eigenvalue weighted by molar-refractivity contribution is -0.422. The summed E-state index contributed by atoms with van der Waals surface area (Å²) in [6.45, 7) is 2.22. The predicted molar refractivity (Wildman–Crippen MR) is 59.3 cm³/mol. The van der Waals surface area contributed by atoms with Crippen LogP contribution in [0.5, 0.6) is 0 Å². The molecule has 0 amide bonds. The van der Waals surface area contributed by atoms with Gasteiger partial charge in [-0.2, -0.15) is 0 Å². The Morgan fingerprint density at radius 2 is 2.35 bits per heavy atom. The number of carbonyl (C=O) groups is 1. The normalized spacial score (nSPS) is 14.6. The van der Waals surface area contributed by atoms with Crippen LogP contribution in [0.2, 0.25) is 0 Å². The van der Waals surface area contributed by atoms with Crippen molar-refractivity contribution in [2.75, 3.05) is 13.2 Å². The van der Waals surface area contributed by atoms with E-state index in [0.29, 0.717) is 18.8 Å². The lowest BCUT2D eigenvalue weighted by atomic mass is 10.1. The minimum atomic E-state index is -0.471. The summed E-state index contributed by atoms with van der Waals surface area (Å²) in [5, 5.41) is 10.5. The highest BCUT2D eigenvalue weighted by Gasteiger charge is 2.16. The molecule has 0 aliphatic heterocycles. The molecule has 0 fully saturated rings. The Kier molecular flexibility index (Phi) is 5.19. The topological polar surface area (TPSA) is 78.7 Å². The minimum absolute atomic E-state index is 0.0126. The van der Waals surface area contributed by atoms with E-state index in [0.717, 1.165) is 0 Å². The second-order valence-electron chi connectivity index (χ2n) is 3.28. The molecule has 0 heterocycles. The van der Waals surface area contributed by atoms with Gasteiger partial charge in [-0.15, -0.1) is 0 Å². The molecule has 0 spiro atoms. The number of allylic oxidation sites excluding steroid dienone is 3. The van der Waals surface area contributed by atoms with Gasteiger partial charge in [0.05, 0.1) is 37.1 Å². The van der Waals surface area contributed by atoms with Crippen LogP contribution in [0.3, 0.4) is 0 Å². The van der Waals surface area contributed by atoms with Gasteiger partial charge in [-0.25, -0.2) is 0 Å². The summed E-state index contributed by atoms with van der Waals surface area (Å²) in [7, 11) is 0. The maximum Gasteiger partial charge on any atom is 0.309 e. The summed E-state index contributed by atoms with van der Waals surface area (Å²) in [6.07, 6.45) is 5.16. The molecule has 0 saturated heterocycles. The summed E-state index contributed by atoms with van der Waals surface area (Å²) in [6, 6.07) is 0. The van der Waals surface area contributed by atoms with Crippen LogP contribution in [0.25, 0.3) is 0 Å². The highest BCUT2D eigenvalue weighted by molar-refractivity contribution is 5.69. The number of carbonyl (C=O) groups excluding carboxylic acids is 1. The smallest absolute Gasteiger partial charge is 0.309 e. The third-order valence-electron chi connectivity index (χ3n) is 2.03. The molecule has 0 aromatic carbocycles. The van der Waals surface area contributed by atoms with Gasteiger partial charge in [0.15, 0.2) is 0 Å². The first-order valence-electron chi connectivity index (χ1n) is 5.31. The first-order valence-corrected chi connectivity index (χ1v) is 5.31. The summed E-state index contributed by atoms with van der Waals surface area (Å²) < 4.78 is 9.96. The highest BCUT2D eigenvalue weighted by atomic mass is 16.6. The summed E-state index contributed by atoms with van der Waals surface area (Å²) in [5.74, 6) is 0.0810. The van der Waals surface area contributed by atoms with Gasteiger partial charge in [0.25, 0.3) is 5.70 Å². The van der Waals surface area contributed by atoms with E-state index in [4.69, 9.17) is 9.47 Å². The van der Waals surface area contributed by atoms with E-state index in [-0.39, 0.29) is 24.7 Å². The molecular weight excluding hydrogens is 226 g/mol. The van der Waals surface area contributed by atoms with Gasteiger partial charge in [-0.1, -0.05) is 0 Å². The second kappa shape index (κ2) is 6.67. The van der Waals surface area contributed by atoms with Crippen molar-refractivity contribution in [3.8, 4) is 0 Å². The van der Waals surface area contributed by atoms with E-state index in [1.807, 2.05) is 0 Å². The second-order valence-corrected chi connectivity index (χ2v) is 3.28. The van der Waals surface area contributed by atoms with Gasteiger partial charge in [0, 0.05) is 0 Å². The van der Waals surface area contributed by atoms with Gasteiger partial charge in [-0.3, -0.25) is 14.9 Å². The van der Waals surface area contributed by atoms with Crippen LogP contribution in [0.4, 0.5) is 0 Å². The molecule has 0 saturated carbocycles. The molecule has 0 aromatic heterocycles. The average Bonchev–Trinajstić information content (AvgIpc) is 2.30. The van der Waals surface area contributed by atoms with E-state index in [9.17, 15) is 14.9 Å². The SMILES string of the molecule is CCOC(=O)CCOC1=CC[CH]C([N+](=O)[O-])=C1. The minimum Gasteiger partial charge on any atom is -0.493 e. The van der Waals surface area contributed by atoms with Crippen molar-refractivity contribution < 1.29 is 19.2 Å². The summed E-state index contributed by atoms with van der Waals surface area (Å²) >= 11 is 0. The number of nitro groups is 1. The quantitative estimate of drug-likeness (QED) is 0.400. The van der Waals surface area contributed by atoms with Crippen LogP contribution in [0, 0.1) is 16.5 Å². The molecule has 6 nitrogen and oxygen atoms in total. The zero-order valence-corrected chi connectivity index (χ0v) is 9.55. The molecule has 0 unspecified atom stereocenters. The van der Waals surface area contributed by atoms with Crippen molar-refractivity contribution >= 4 is 5.97 Å². The monoisotopic (exact) mass is 240 g/mol. The maximum absolute atomic E-state index is 11.0. The number of hydrogen-bond donors (Lipinski definition) is 0. The fraction of sp³-hybridized carbons (Fsp3) is 0.455. The van der Waals surface area contributed by atoms with E-state index in [1.165, 1.54) is 12.5 Å². The lowest BCUT2D eigenvalue weighted by Crippen LogP contribution is -2.09. The Labute approximate surface area is 99.0 Å². The van der Waals surface area contributed by atoms with Crippen LogP contribution < -0.4 is 0 Å². The molecule has 17 heavy (non-hydrogen) atoms. The van der Waals surface area contributed by atoms with Gasteiger partial charge in [0.2, 0.25) is 0 Å². The first-order chi connectivity index (χ1) is 8.13. The average molecular weight is 240 g/mol. The summed E-state index contributed by atoms with van der Waals surface area (Å²) in [4.78, 5) is 21.1. The number of ether oxygens (including phenoxy) is 2. The zero-order chi connectivity index (χ0) is 12.7. The van der Waals surface area contributed by atoms with Gasteiger partial charge in [0.1, 0.15) is 5.76 Å². The molecular formula is C11H14NO5. The fourth-order valence-corrected chi connectivity index (χ4v) is 1.27. The number of nitrogens with zero attached hydrogens (tertiary/aromatic N) is 1. The Morgan fingerprint density at radius 1 is 1.59 bits per heavy atom. The van der Waals surface area contributed by atoms with Crippen LogP contribution in [-0.2, 0) is 14.3 Å². The molecule has 6 heteroatoms. The Morgan fingerprint density at radius 3 is 3.00 bits per heavy atom. The molecule has 1 aliphatic carbocycles. The van der Waals surface area contributed by atoms with Crippen LogP contribution in [0.1, 0.15) is 19.8 Å². The molecule has 1 aliphatic rings. The largest absolute Gasteiger partial charge is 0.493 e. The van der Waals surface area contributed by atoms with Crippen LogP contribution in [0.15, 0.2) is 23.6 Å². The molecule has 0 N–H and O–H groups in total. The van der Waals surface area contributed by atoms with Gasteiger partial charge in [-0.05, 0) is 19.4 Å². The van der Waals surface area contributed by atoms with Crippen molar-refractivity contribution in [1.29, 1.82) is 0 Å².